The van der Waals surface area contributed by atoms with Crippen molar-refractivity contribution < 1.29 is 19.4 Å². The topological polar surface area (TPSA) is 55.4 Å². The highest BCUT2D eigenvalue weighted by Crippen LogP contribution is 2.17. The summed E-state index contributed by atoms with van der Waals surface area (Å²) < 4.78 is 9.33. The van der Waals surface area contributed by atoms with Crippen molar-refractivity contribution in [2.45, 2.75) is 0 Å². The summed E-state index contributed by atoms with van der Waals surface area (Å²) in [6.07, 6.45) is 0. The van der Waals surface area contributed by atoms with Gasteiger partial charge in [0.05, 0.1) is 7.11 Å². The predicted molar refractivity (Wildman–Crippen MR) is 44.1 cm³/mol. The molecule has 0 heterocycles. The van der Waals surface area contributed by atoms with Crippen molar-refractivity contribution in [3.05, 3.63) is 24.3 Å². The van der Waals surface area contributed by atoms with Crippen LogP contribution in [0.3, 0.4) is 0 Å². The Balaban J connectivity index is 2.50. The SMILES string of the molecule is COC(=O)COc1cccc([O])c1. The van der Waals surface area contributed by atoms with Gasteiger partial charge in [0.25, 0.3) is 0 Å². The van der Waals surface area contributed by atoms with E-state index in [1.807, 2.05) is 0 Å². The van der Waals surface area contributed by atoms with Gasteiger partial charge >= 0.3 is 5.97 Å². The minimum absolute atomic E-state index is 0.151. The van der Waals surface area contributed by atoms with Crippen molar-refractivity contribution in [2.75, 3.05) is 13.7 Å². The summed E-state index contributed by atoms with van der Waals surface area (Å²) in [5, 5.41) is 10.8. The molecule has 1 aromatic rings. The summed E-state index contributed by atoms with van der Waals surface area (Å²) in [4.78, 5) is 10.6. The van der Waals surface area contributed by atoms with E-state index in [9.17, 15) is 9.90 Å². The van der Waals surface area contributed by atoms with Crippen LogP contribution in [-0.4, -0.2) is 19.7 Å². The highest BCUT2D eigenvalue weighted by molar-refractivity contribution is 5.70. The van der Waals surface area contributed by atoms with E-state index in [0.29, 0.717) is 5.75 Å². The molecule has 0 aromatic heterocycles. The standard InChI is InChI=1S/C9H9O4/c1-12-9(11)6-13-8-4-2-3-7(10)5-8/h2-5H,6H2,1H3. The van der Waals surface area contributed by atoms with Gasteiger partial charge in [-0.2, -0.15) is 0 Å². The first-order valence-corrected chi connectivity index (χ1v) is 3.69. The normalized spacial score (nSPS) is 9.31. The smallest absolute Gasteiger partial charge is 0.343 e. The summed E-state index contributed by atoms with van der Waals surface area (Å²) in [7, 11) is 1.27. The van der Waals surface area contributed by atoms with Crippen molar-refractivity contribution in [1.29, 1.82) is 0 Å². The minimum atomic E-state index is -0.476. The van der Waals surface area contributed by atoms with E-state index in [2.05, 4.69) is 4.74 Å². The number of methoxy groups -OCH3 is 1. The molecule has 0 unspecified atom stereocenters. The first-order chi connectivity index (χ1) is 6.22. The second-order valence-electron chi connectivity index (χ2n) is 2.34. The predicted octanol–water partition coefficient (Wildman–Crippen LogP) is 1.38. The molecule has 0 saturated carbocycles. The number of rotatable bonds is 3. The van der Waals surface area contributed by atoms with Crippen LogP contribution >= 0.6 is 0 Å². The van der Waals surface area contributed by atoms with Gasteiger partial charge in [0.1, 0.15) is 5.75 Å². The van der Waals surface area contributed by atoms with Crippen LogP contribution in [0.4, 0.5) is 0 Å². The number of hydrogen-bond acceptors (Lipinski definition) is 3. The maximum absolute atomic E-state index is 10.8. The van der Waals surface area contributed by atoms with Crippen molar-refractivity contribution in [2.24, 2.45) is 0 Å². The Morgan fingerprint density at radius 2 is 2.23 bits per heavy atom. The molecule has 4 heteroatoms. The largest absolute Gasteiger partial charge is 0.482 e. The van der Waals surface area contributed by atoms with Gasteiger partial charge in [-0.1, -0.05) is 6.07 Å². The molecule has 1 aromatic carbocycles. The van der Waals surface area contributed by atoms with Crippen LogP contribution < -0.4 is 4.74 Å². The van der Waals surface area contributed by atoms with Gasteiger partial charge in [-0.05, 0) is 12.1 Å². The lowest BCUT2D eigenvalue weighted by Gasteiger charge is -2.03. The van der Waals surface area contributed by atoms with Crippen LogP contribution in [0.2, 0.25) is 0 Å². The zero-order chi connectivity index (χ0) is 9.68. The number of hydrogen-bond donors (Lipinski definition) is 0. The van der Waals surface area contributed by atoms with Crippen LogP contribution in [0, 0.1) is 0 Å². The lowest BCUT2D eigenvalue weighted by Crippen LogP contribution is -2.12. The highest BCUT2D eigenvalue weighted by atomic mass is 16.6. The third kappa shape index (κ3) is 3.02. The Kier molecular flexibility index (Phi) is 3.14. The highest BCUT2D eigenvalue weighted by Gasteiger charge is 2.01. The number of ether oxygens (including phenoxy) is 2. The summed E-state index contributed by atoms with van der Waals surface area (Å²) in [5.74, 6) is -0.253. The van der Waals surface area contributed by atoms with Crippen molar-refractivity contribution in [1.82, 2.24) is 0 Å². The summed E-state index contributed by atoms with van der Waals surface area (Å²) in [6, 6.07) is 5.88. The molecule has 0 aliphatic heterocycles. The maximum atomic E-state index is 10.8. The number of benzene rings is 1. The fourth-order valence-electron chi connectivity index (χ4n) is 0.765. The summed E-state index contributed by atoms with van der Waals surface area (Å²) in [6.45, 7) is -0.181. The molecule has 1 rings (SSSR count). The Hall–Kier alpha value is -1.71. The molecule has 4 nitrogen and oxygen atoms in total. The van der Waals surface area contributed by atoms with Gasteiger partial charge in [-0.25, -0.2) is 4.79 Å². The molecule has 0 amide bonds. The fourth-order valence-corrected chi connectivity index (χ4v) is 0.765. The van der Waals surface area contributed by atoms with E-state index in [-0.39, 0.29) is 12.4 Å². The Morgan fingerprint density at radius 1 is 1.46 bits per heavy atom. The van der Waals surface area contributed by atoms with Gasteiger partial charge < -0.3 is 9.47 Å². The van der Waals surface area contributed by atoms with Crippen LogP contribution in [0.15, 0.2) is 24.3 Å². The van der Waals surface area contributed by atoms with Crippen molar-refractivity contribution >= 4 is 5.97 Å². The Bertz CT molecular complexity index is 295. The number of esters is 1. The molecule has 0 atom stereocenters. The van der Waals surface area contributed by atoms with E-state index >= 15 is 0 Å². The lowest BCUT2D eigenvalue weighted by atomic mass is 10.3. The van der Waals surface area contributed by atoms with E-state index < -0.39 is 5.97 Å². The van der Waals surface area contributed by atoms with Gasteiger partial charge in [-0.15, -0.1) is 0 Å². The number of carbonyl (C=O) groups excluding carboxylic acids is 1. The quantitative estimate of drug-likeness (QED) is 0.662. The molecule has 0 aliphatic rings. The van der Waals surface area contributed by atoms with Gasteiger partial charge in [-0.3, -0.25) is 5.11 Å². The third-order valence-corrected chi connectivity index (χ3v) is 1.39. The molecule has 69 valence electrons. The molecule has 1 radical (unpaired) electrons. The molecule has 0 spiro atoms. The summed E-state index contributed by atoms with van der Waals surface area (Å²) in [5.41, 5.74) is 0. The average molecular weight is 181 g/mol. The second kappa shape index (κ2) is 4.35. The van der Waals surface area contributed by atoms with Crippen molar-refractivity contribution in [3.63, 3.8) is 0 Å². The molecular formula is C9H9O4. The van der Waals surface area contributed by atoms with Crippen LogP contribution in [0.5, 0.6) is 11.5 Å². The van der Waals surface area contributed by atoms with Crippen LogP contribution in [0.1, 0.15) is 0 Å². The van der Waals surface area contributed by atoms with E-state index in [1.165, 1.54) is 19.2 Å². The van der Waals surface area contributed by atoms with Crippen LogP contribution in [0.25, 0.3) is 0 Å². The van der Waals surface area contributed by atoms with Crippen molar-refractivity contribution in [3.8, 4) is 11.5 Å². The van der Waals surface area contributed by atoms with Gasteiger partial charge in [0, 0.05) is 6.07 Å². The van der Waals surface area contributed by atoms with E-state index in [1.54, 1.807) is 12.1 Å². The Morgan fingerprint density at radius 3 is 2.85 bits per heavy atom. The Labute approximate surface area is 75.7 Å². The van der Waals surface area contributed by atoms with Gasteiger partial charge in [0.15, 0.2) is 12.4 Å². The molecule has 0 bridgehead atoms. The molecule has 0 aliphatic carbocycles. The molecular weight excluding hydrogens is 172 g/mol. The van der Waals surface area contributed by atoms with E-state index in [0.717, 1.165) is 0 Å². The number of carbonyl (C=O) groups is 1. The molecule has 0 fully saturated rings. The third-order valence-electron chi connectivity index (χ3n) is 1.39. The first-order valence-electron chi connectivity index (χ1n) is 3.69. The fraction of sp³-hybridized carbons (Fsp3) is 0.222. The maximum Gasteiger partial charge on any atom is 0.343 e. The van der Waals surface area contributed by atoms with Gasteiger partial charge in [0.2, 0.25) is 0 Å². The monoisotopic (exact) mass is 181 g/mol. The molecule has 13 heavy (non-hydrogen) atoms. The van der Waals surface area contributed by atoms with Crippen LogP contribution in [-0.2, 0) is 14.6 Å². The zero-order valence-corrected chi connectivity index (χ0v) is 7.15. The first kappa shape index (κ1) is 9.38. The second-order valence-corrected chi connectivity index (χ2v) is 2.34. The zero-order valence-electron chi connectivity index (χ0n) is 7.15. The minimum Gasteiger partial charge on any atom is -0.482 e. The molecule has 0 N–H and O–H groups in total. The van der Waals surface area contributed by atoms with E-state index in [4.69, 9.17) is 4.74 Å². The summed E-state index contributed by atoms with van der Waals surface area (Å²) >= 11 is 0. The lowest BCUT2D eigenvalue weighted by molar-refractivity contribution is -0.142. The average Bonchev–Trinajstić information content (AvgIpc) is 2.14. The molecule has 0 saturated heterocycles.